The van der Waals surface area contributed by atoms with E-state index in [9.17, 15) is 9.59 Å². The third kappa shape index (κ3) is 4.84. The zero-order valence-corrected chi connectivity index (χ0v) is 14.9. The summed E-state index contributed by atoms with van der Waals surface area (Å²) >= 11 is 0. The highest BCUT2D eigenvalue weighted by atomic mass is 16.5. The Bertz CT molecular complexity index is 840. The molecule has 1 atom stereocenters. The predicted octanol–water partition coefficient (Wildman–Crippen LogP) is 3.10. The van der Waals surface area contributed by atoms with E-state index < -0.39 is 12.0 Å². The molecule has 0 bridgehead atoms. The Morgan fingerprint density at radius 3 is 2.38 bits per heavy atom. The summed E-state index contributed by atoms with van der Waals surface area (Å²) in [5, 5.41) is 14.6. The van der Waals surface area contributed by atoms with Crippen molar-refractivity contribution >= 4 is 17.5 Å². The number of carbonyl (C=O) groups excluding carboxylic acids is 2. The van der Waals surface area contributed by atoms with E-state index in [0.717, 1.165) is 0 Å². The fourth-order valence-corrected chi connectivity index (χ4v) is 2.27. The van der Waals surface area contributed by atoms with E-state index in [1.165, 1.54) is 0 Å². The number of benzene rings is 2. The number of carbonyl (C=O) groups is 2. The summed E-state index contributed by atoms with van der Waals surface area (Å²) in [6.07, 6.45) is -0.842. The molecule has 0 aliphatic heterocycles. The standard InChI is InChI=1S/C20H21N3O3/c1-13(2)22-20(25)16-9-5-6-10-17(16)23-19(24)14(3)26-18-11-7-4-8-15(18)12-21/h4-11,13-14H,1-3H3,(H,22,25)(H,23,24). The number of nitrogens with zero attached hydrogens (tertiary/aromatic N) is 1. The number of para-hydroxylation sites is 2. The van der Waals surface area contributed by atoms with E-state index in [0.29, 0.717) is 22.6 Å². The molecule has 0 aliphatic carbocycles. The van der Waals surface area contributed by atoms with E-state index >= 15 is 0 Å². The van der Waals surface area contributed by atoms with Crippen molar-refractivity contribution in [3.05, 3.63) is 59.7 Å². The smallest absolute Gasteiger partial charge is 0.265 e. The molecule has 0 heterocycles. The average Bonchev–Trinajstić information content (AvgIpc) is 2.61. The molecule has 0 radical (unpaired) electrons. The van der Waals surface area contributed by atoms with Crippen molar-refractivity contribution in [2.75, 3.05) is 5.32 Å². The van der Waals surface area contributed by atoms with E-state index in [-0.39, 0.29) is 11.9 Å². The Labute approximate surface area is 152 Å². The minimum Gasteiger partial charge on any atom is -0.480 e. The number of nitrogens with one attached hydrogen (secondary N) is 2. The van der Waals surface area contributed by atoms with E-state index in [1.54, 1.807) is 55.5 Å². The van der Waals surface area contributed by atoms with Gasteiger partial charge in [-0.3, -0.25) is 9.59 Å². The van der Waals surface area contributed by atoms with Gasteiger partial charge in [0, 0.05) is 6.04 Å². The van der Waals surface area contributed by atoms with Gasteiger partial charge >= 0.3 is 0 Å². The number of ether oxygens (including phenoxy) is 1. The zero-order valence-electron chi connectivity index (χ0n) is 14.9. The van der Waals surface area contributed by atoms with Gasteiger partial charge in [0.15, 0.2) is 6.10 Å². The highest BCUT2D eigenvalue weighted by Crippen LogP contribution is 2.20. The highest BCUT2D eigenvalue weighted by molar-refractivity contribution is 6.04. The molecule has 0 aromatic heterocycles. The molecular formula is C20H21N3O3. The van der Waals surface area contributed by atoms with Gasteiger partial charge < -0.3 is 15.4 Å². The number of anilines is 1. The van der Waals surface area contributed by atoms with E-state index in [2.05, 4.69) is 10.6 Å². The average molecular weight is 351 g/mol. The third-order valence-electron chi connectivity index (χ3n) is 3.53. The topological polar surface area (TPSA) is 91.2 Å². The van der Waals surface area contributed by atoms with Crippen molar-refractivity contribution in [3.63, 3.8) is 0 Å². The number of rotatable bonds is 6. The summed E-state index contributed by atoms with van der Waals surface area (Å²) in [6.45, 7) is 5.31. The van der Waals surface area contributed by atoms with E-state index in [1.807, 2.05) is 19.9 Å². The molecule has 2 aromatic rings. The van der Waals surface area contributed by atoms with Gasteiger partial charge in [-0.15, -0.1) is 0 Å². The molecule has 0 spiro atoms. The molecule has 2 amide bonds. The number of amides is 2. The van der Waals surface area contributed by atoms with Crippen LogP contribution in [0.25, 0.3) is 0 Å². The first-order valence-corrected chi connectivity index (χ1v) is 8.29. The van der Waals surface area contributed by atoms with Crippen molar-refractivity contribution < 1.29 is 14.3 Å². The van der Waals surface area contributed by atoms with Gasteiger partial charge in [-0.05, 0) is 45.0 Å². The molecule has 2 rings (SSSR count). The number of hydrogen-bond acceptors (Lipinski definition) is 4. The molecule has 26 heavy (non-hydrogen) atoms. The molecule has 2 aromatic carbocycles. The first-order chi connectivity index (χ1) is 12.4. The first-order valence-electron chi connectivity index (χ1n) is 8.29. The summed E-state index contributed by atoms with van der Waals surface area (Å²) in [6, 6.07) is 15.5. The molecule has 0 aliphatic rings. The van der Waals surface area contributed by atoms with Gasteiger partial charge in [0.05, 0.1) is 16.8 Å². The Hall–Kier alpha value is -3.33. The lowest BCUT2D eigenvalue weighted by molar-refractivity contribution is -0.122. The van der Waals surface area contributed by atoms with Crippen molar-refractivity contribution in [1.82, 2.24) is 5.32 Å². The molecule has 134 valence electrons. The second-order valence-electron chi connectivity index (χ2n) is 6.03. The molecular weight excluding hydrogens is 330 g/mol. The predicted molar refractivity (Wildman–Crippen MR) is 98.9 cm³/mol. The molecule has 6 nitrogen and oxygen atoms in total. The monoisotopic (exact) mass is 351 g/mol. The Morgan fingerprint density at radius 1 is 1.04 bits per heavy atom. The minimum absolute atomic E-state index is 0.0176. The van der Waals surface area contributed by atoms with Crippen LogP contribution < -0.4 is 15.4 Å². The zero-order chi connectivity index (χ0) is 19.1. The Kier molecular flexibility index (Phi) is 6.34. The molecule has 0 fully saturated rings. The van der Waals surface area contributed by atoms with Gasteiger partial charge in [-0.25, -0.2) is 0 Å². The molecule has 1 unspecified atom stereocenters. The van der Waals surface area contributed by atoms with E-state index in [4.69, 9.17) is 10.00 Å². The van der Waals surface area contributed by atoms with Gasteiger partial charge in [0.25, 0.3) is 11.8 Å². The highest BCUT2D eigenvalue weighted by Gasteiger charge is 2.19. The Balaban J connectivity index is 2.12. The van der Waals surface area contributed by atoms with Crippen LogP contribution in [0.4, 0.5) is 5.69 Å². The summed E-state index contributed by atoms with van der Waals surface area (Å²) in [4.78, 5) is 24.7. The van der Waals surface area contributed by atoms with Gasteiger partial charge in [-0.1, -0.05) is 24.3 Å². The minimum atomic E-state index is -0.842. The summed E-state index contributed by atoms with van der Waals surface area (Å²) in [5.41, 5.74) is 1.13. The molecule has 0 saturated heterocycles. The van der Waals surface area contributed by atoms with Crippen molar-refractivity contribution in [2.45, 2.75) is 32.9 Å². The maximum Gasteiger partial charge on any atom is 0.265 e. The van der Waals surface area contributed by atoms with Crippen LogP contribution in [0.2, 0.25) is 0 Å². The summed E-state index contributed by atoms with van der Waals surface area (Å²) in [7, 11) is 0. The maximum absolute atomic E-state index is 12.5. The first kappa shape index (κ1) is 19.0. The summed E-state index contributed by atoms with van der Waals surface area (Å²) < 4.78 is 5.60. The SMILES string of the molecule is CC(C)NC(=O)c1ccccc1NC(=O)C(C)Oc1ccccc1C#N. The number of nitriles is 1. The normalized spacial score (nSPS) is 11.3. The fraction of sp³-hybridized carbons (Fsp3) is 0.250. The van der Waals surface area contributed by atoms with Crippen LogP contribution in [0.15, 0.2) is 48.5 Å². The van der Waals surface area contributed by atoms with Crippen LogP contribution in [0.5, 0.6) is 5.75 Å². The lowest BCUT2D eigenvalue weighted by Crippen LogP contribution is -2.33. The summed E-state index contributed by atoms with van der Waals surface area (Å²) in [5.74, 6) is -0.342. The fourth-order valence-electron chi connectivity index (χ4n) is 2.27. The van der Waals surface area contributed by atoms with Crippen molar-refractivity contribution in [3.8, 4) is 11.8 Å². The second kappa shape index (κ2) is 8.67. The van der Waals surface area contributed by atoms with Crippen LogP contribution in [0.1, 0.15) is 36.7 Å². The number of hydrogen-bond donors (Lipinski definition) is 2. The van der Waals surface area contributed by atoms with Gasteiger partial charge in [0.2, 0.25) is 0 Å². The van der Waals surface area contributed by atoms with Crippen LogP contribution in [0, 0.1) is 11.3 Å². The van der Waals surface area contributed by atoms with Crippen molar-refractivity contribution in [2.24, 2.45) is 0 Å². The van der Waals surface area contributed by atoms with Crippen LogP contribution in [-0.2, 0) is 4.79 Å². The van der Waals surface area contributed by atoms with Crippen LogP contribution in [0.3, 0.4) is 0 Å². The van der Waals surface area contributed by atoms with Crippen LogP contribution in [-0.4, -0.2) is 24.0 Å². The van der Waals surface area contributed by atoms with Gasteiger partial charge in [0.1, 0.15) is 11.8 Å². The molecule has 2 N–H and O–H groups in total. The maximum atomic E-state index is 12.5. The van der Waals surface area contributed by atoms with Gasteiger partial charge in [-0.2, -0.15) is 5.26 Å². The lowest BCUT2D eigenvalue weighted by atomic mass is 10.1. The quantitative estimate of drug-likeness (QED) is 0.836. The largest absolute Gasteiger partial charge is 0.480 e. The lowest BCUT2D eigenvalue weighted by Gasteiger charge is -2.17. The van der Waals surface area contributed by atoms with Crippen LogP contribution >= 0.6 is 0 Å². The Morgan fingerprint density at radius 2 is 1.69 bits per heavy atom. The molecule has 6 heteroatoms. The van der Waals surface area contributed by atoms with Crippen molar-refractivity contribution in [1.29, 1.82) is 5.26 Å². The second-order valence-corrected chi connectivity index (χ2v) is 6.03. The third-order valence-corrected chi connectivity index (χ3v) is 3.53. The molecule has 0 saturated carbocycles.